The molecule has 0 amide bonds. The third-order valence-corrected chi connectivity index (χ3v) is 2.63. The van der Waals surface area contributed by atoms with Gasteiger partial charge in [-0.05, 0) is 18.6 Å². The largest absolute Gasteiger partial charge is 0.481 e. The lowest BCUT2D eigenvalue weighted by molar-refractivity contribution is 0.214. The van der Waals surface area contributed by atoms with Gasteiger partial charge in [0.25, 0.3) is 0 Å². The number of hydrogen-bond donors (Lipinski definition) is 1. The first-order chi connectivity index (χ1) is 8.20. The third kappa shape index (κ3) is 2.63. The summed E-state index contributed by atoms with van der Waals surface area (Å²) >= 11 is 0. The Morgan fingerprint density at radius 1 is 1.12 bits per heavy atom. The average molecular weight is 229 g/mol. The summed E-state index contributed by atoms with van der Waals surface area (Å²) in [6.45, 7) is 2.01. The molecule has 0 saturated carbocycles. The summed E-state index contributed by atoms with van der Waals surface area (Å²) in [6.07, 6.45) is -0.717. The molecule has 88 valence electrons. The summed E-state index contributed by atoms with van der Waals surface area (Å²) < 4.78 is 5.04. The molecular weight excluding hydrogens is 214 g/mol. The molecule has 0 aliphatic rings. The lowest BCUT2D eigenvalue weighted by atomic mass is 10.0. The van der Waals surface area contributed by atoms with E-state index in [1.165, 1.54) is 5.56 Å². The second-order valence-electron chi connectivity index (χ2n) is 3.92. The number of aromatic nitrogens is 1. The van der Waals surface area contributed by atoms with Crippen LogP contribution in [0.3, 0.4) is 0 Å². The second-order valence-corrected chi connectivity index (χ2v) is 3.92. The van der Waals surface area contributed by atoms with Crippen molar-refractivity contribution in [3.8, 4) is 5.88 Å². The van der Waals surface area contributed by atoms with Crippen LogP contribution in [-0.4, -0.2) is 17.2 Å². The van der Waals surface area contributed by atoms with Crippen molar-refractivity contribution in [2.45, 2.75) is 13.0 Å². The Bertz CT molecular complexity index is 494. The number of hydrogen-bond acceptors (Lipinski definition) is 3. The lowest BCUT2D eigenvalue weighted by Gasteiger charge is -2.11. The van der Waals surface area contributed by atoms with Crippen molar-refractivity contribution >= 4 is 0 Å². The molecule has 3 nitrogen and oxygen atoms in total. The number of aliphatic hydroxyl groups is 1. The molecule has 1 aromatic heterocycles. The molecule has 17 heavy (non-hydrogen) atoms. The van der Waals surface area contributed by atoms with E-state index in [1.54, 1.807) is 19.2 Å². The van der Waals surface area contributed by atoms with Crippen LogP contribution >= 0.6 is 0 Å². The first kappa shape index (κ1) is 11.6. The Labute approximate surface area is 101 Å². The molecular formula is C14H15NO2. The predicted octanol–water partition coefficient (Wildman–Crippen LogP) is 2.48. The van der Waals surface area contributed by atoms with Gasteiger partial charge in [-0.3, -0.25) is 0 Å². The van der Waals surface area contributed by atoms with Crippen LogP contribution in [0.25, 0.3) is 0 Å². The number of aryl methyl sites for hydroxylation is 1. The summed E-state index contributed by atoms with van der Waals surface area (Å²) in [5.74, 6) is 0.508. The smallest absolute Gasteiger partial charge is 0.213 e. The fourth-order valence-corrected chi connectivity index (χ4v) is 1.62. The van der Waals surface area contributed by atoms with Crippen molar-refractivity contribution in [1.82, 2.24) is 4.98 Å². The molecule has 3 heteroatoms. The molecule has 2 aromatic rings. The number of pyridine rings is 1. The number of benzene rings is 1. The van der Waals surface area contributed by atoms with Crippen molar-refractivity contribution in [3.63, 3.8) is 0 Å². The van der Waals surface area contributed by atoms with E-state index in [9.17, 15) is 5.11 Å². The number of methoxy groups -OCH3 is 1. The molecule has 0 saturated heterocycles. The van der Waals surface area contributed by atoms with Crippen molar-refractivity contribution in [2.75, 3.05) is 7.11 Å². The van der Waals surface area contributed by atoms with Crippen LogP contribution in [0.15, 0.2) is 42.5 Å². The standard InChI is InChI=1S/C14H15NO2/c1-10-6-8-11(9-7-10)14(16)12-4-3-5-13(15-12)17-2/h3-9,14,16H,1-2H3. The second kappa shape index (κ2) is 4.97. The fourth-order valence-electron chi connectivity index (χ4n) is 1.62. The summed E-state index contributed by atoms with van der Waals surface area (Å²) in [6, 6.07) is 13.1. The van der Waals surface area contributed by atoms with Gasteiger partial charge in [0.2, 0.25) is 5.88 Å². The Morgan fingerprint density at radius 2 is 1.82 bits per heavy atom. The van der Waals surface area contributed by atoms with Crippen LogP contribution in [0.4, 0.5) is 0 Å². The Kier molecular flexibility index (Phi) is 3.40. The number of ether oxygens (including phenoxy) is 1. The van der Waals surface area contributed by atoms with Crippen LogP contribution < -0.4 is 4.74 Å². The maximum Gasteiger partial charge on any atom is 0.213 e. The van der Waals surface area contributed by atoms with Crippen LogP contribution in [-0.2, 0) is 0 Å². The lowest BCUT2D eigenvalue weighted by Crippen LogP contribution is -2.03. The van der Waals surface area contributed by atoms with E-state index >= 15 is 0 Å². The number of rotatable bonds is 3. The van der Waals surface area contributed by atoms with Gasteiger partial charge in [0, 0.05) is 6.07 Å². The van der Waals surface area contributed by atoms with Gasteiger partial charge in [0.15, 0.2) is 0 Å². The first-order valence-electron chi connectivity index (χ1n) is 5.46. The van der Waals surface area contributed by atoms with E-state index in [0.717, 1.165) is 5.56 Å². The minimum absolute atomic E-state index is 0.508. The van der Waals surface area contributed by atoms with E-state index < -0.39 is 6.10 Å². The van der Waals surface area contributed by atoms with Gasteiger partial charge in [-0.25, -0.2) is 4.98 Å². The Hall–Kier alpha value is -1.87. The Balaban J connectivity index is 2.29. The zero-order valence-electron chi connectivity index (χ0n) is 9.92. The summed E-state index contributed by atoms with van der Waals surface area (Å²) in [4.78, 5) is 4.22. The fraction of sp³-hybridized carbons (Fsp3) is 0.214. The molecule has 0 fully saturated rings. The van der Waals surface area contributed by atoms with E-state index in [1.807, 2.05) is 37.3 Å². The maximum atomic E-state index is 10.2. The molecule has 1 atom stereocenters. The molecule has 1 N–H and O–H groups in total. The van der Waals surface area contributed by atoms with Gasteiger partial charge >= 0.3 is 0 Å². The number of aliphatic hydroxyl groups excluding tert-OH is 1. The highest BCUT2D eigenvalue weighted by Crippen LogP contribution is 2.22. The monoisotopic (exact) mass is 229 g/mol. The van der Waals surface area contributed by atoms with E-state index in [4.69, 9.17) is 4.74 Å². The van der Waals surface area contributed by atoms with Gasteiger partial charge < -0.3 is 9.84 Å². The normalized spacial score (nSPS) is 12.2. The highest BCUT2D eigenvalue weighted by molar-refractivity contribution is 5.29. The summed E-state index contributed by atoms with van der Waals surface area (Å²) in [5.41, 5.74) is 2.59. The van der Waals surface area contributed by atoms with Gasteiger partial charge in [0.1, 0.15) is 6.10 Å². The van der Waals surface area contributed by atoms with Gasteiger partial charge in [-0.15, -0.1) is 0 Å². The maximum absolute atomic E-state index is 10.2. The minimum Gasteiger partial charge on any atom is -0.481 e. The molecule has 0 bridgehead atoms. The van der Waals surface area contributed by atoms with E-state index in [-0.39, 0.29) is 0 Å². The van der Waals surface area contributed by atoms with Crippen LogP contribution in [0.2, 0.25) is 0 Å². The number of nitrogens with zero attached hydrogens (tertiary/aromatic N) is 1. The topological polar surface area (TPSA) is 42.4 Å². The van der Waals surface area contributed by atoms with Crippen molar-refractivity contribution in [2.24, 2.45) is 0 Å². The zero-order valence-corrected chi connectivity index (χ0v) is 9.92. The van der Waals surface area contributed by atoms with Crippen LogP contribution in [0.5, 0.6) is 5.88 Å². The first-order valence-corrected chi connectivity index (χ1v) is 5.46. The van der Waals surface area contributed by atoms with Crippen molar-refractivity contribution < 1.29 is 9.84 Å². The van der Waals surface area contributed by atoms with Crippen LogP contribution in [0, 0.1) is 6.92 Å². The highest BCUT2D eigenvalue weighted by Gasteiger charge is 2.12. The molecule has 1 heterocycles. The SMILES string of the molecule is COc1cccc(C(O)c2ccc(C)cc2)n1. The highest BCUT2D eigenvalue weighted by atomic mass is 16.5. The van der Waals surface area contributed by atoms with Gasteiger partial charge in [-0.2, -0.15) is 0 Å². The average Bonchev–Trinajstić information content (AvgIpc) is 2.39. The predicted molar refractivity (Wildman–Crippen MR) is 66.0 cm³/mol. The molecule has 0 aliphatic heterocycles. The molecule has 0 radical (unpaired) electrons. The van der Waals surface area contributed by atoms with Gasteiger partial charge in [0.05, 0.1) is 12.8 Å². The Morgan fingerprint density at radius 3 is 2.47 bits per heavy atom. The summed E-state index contributed by atoms with van der Waals surface area (Å²) in [7, 11) is 1.56. The van der Waals surface area contributed by atoms with Crippen LogP contribution in [0.1, 0.15) is 22.9 Å². The molecule has 1 aromatic carbocycles. The molecule has 2 rings (SSSR count). The molecule has 0 spiro atoms. The minimum atomic E-state index is -0.717. The molecule has 1 unspecified atom stereocenters. The van der Waals surface area contributed by atoms with Crippen molar-refractivity contribution in [1.29, 1.82) is 0 Å². The van der Waals surface area contributed by atoms with Gasteiger partial charge in [-0.1, -0.05) is 35.9 Å². The third-order valence-electron chi connectivity index (χ3n) is 2.63. The van der Waals surface area contributed by atoms with E-state index in [2.05, 4.69) is 4.98 Å². The molecule has 0 aliphatic carbocycles. The quantitative estimate of drug-likeness (QED) is 0.879. The zero-order chi connectivity index (χ0) is 12.3. The van der Waals surface area contributed by atoms with E-state index in [0.29, 0.717) is 11.6 Å². The van der Waals surface area contributed by atoms with Crippen molar-refractivity contribution in [3.05, 3.63) is 59.3 Å². The summed E-state index contributed by atoms with van der Waals surface area (Å²) in [5, 5.41) is 10.2.